The number of hydrogen-bond donors (Lipinski definition) is 1. The molecule has 2 aliphatic heterocycles. The first kappa shape index (κ1) is 32.7. The van der Waals surface area contributed by atoms with Crippen LogP contribution in [-0.4, -0.2) is 78.7 Å². The number of aryl methyl sites for hydroxylation is 1. The van der Waals surface area contributed by atoms with Crippen LogP contribution in [-0.2, 0) is 9.59 Å². The predicted octanol–water partition coefficient (Wildman–Crippen LogP) is 5.85. The molecule has 0 bridgehead atoms. The van der Waals surface area contributed by atoms with E-state index in [0.717, 1.165) is 29.8 Å². The van der Waals surface area contributed by atoms with Crippen molar-refractivity contribution in [2.45, 2.75) is 32.7 Å². The Hall–Kier alpha value is -5.28. The molecule has 2 heterocycles. The number of para-hydroxylation sites is 2. The number of carbonyl (C=O) groups is 4. The fourth-order valence-corrected chi connectivity index (χ4v) is 6.42. The van der Waals surface area contributed by atoms with Crippen LogP contribution in [0, 0.1) is 6.92 Å². The molecule has 1 saturated heterocycles. The quantitative estimate of drug-likeness (QED) is 0.285. The van der Waals surface area contributed by atoms with E-state index in [4.69, 9.17) is 0 Å². The Labute approximate surface area is 281 Å². The molecule has 4 aromatic rings. The molecule has 9 heteroatoms. The number of nitrogens with zero attached hydrogens (tertiary/aromatic N) is 4. The molecule has 0 spiro atoms. The zero-order chi connectivity index (χ0) is 34.0. The third-order valence-electron chi connectivity index (χ3n) is 9.18. The second kappa shape index (κ2) is 13.4. The Balaban J connectivity index is 1.23. The van der Waals surface area contributed by atoms with Gasteiger partial charge in [-0.25, -0.2) is 0 Å². The van der Waals surface area contributed by atoms with Crippen LogP contribution in [0.15, 0.2) is 97.1 Å². The second-order valence-electron chi connectivity index (χ2n) is 13.2. The molecule has 1 N–H and O–H groups in total. The van der Waals surface area contributed by atoms with Gasteiger partial charge in [0.2, 0.25) is 11.8 Å². The normalized spacial score (nSPS) is 16.2. The van der Waals surface area contributed by atoms with Crippen LogP contribution in [0.1, 0.15) is 46.5 Å². The van der Waals surface area contributed by atoms with Gasteiger partial charge in [-0.3, -0.25) is 19.2 Å². The first-order chi connectivity index (χ1) is 23.0. The lowest BCUT2D eigenvalue weighted by atomic mass is 9.96. The maximum absolute atomic E-state index is 14.3. The molecule has 1 fully saturated rings. The minimum atomic E-state index is -0.886. The van der Waals surface area contributed by atoms with E-state index in [-0.39, 0.29) is 36.6 Å². The molecule has 246 valence electrons. The van der Waals surface area contributed by atoms with Crippen LogP contribution < -0.4 is 15.1 Å². The molecule has 0 radical (unpaired) electrons. The summed E-state index contributed by atoms with van der Waals surface area (Å²) in [6.07, 6.45) is 0.0397. The predicted molar refractivity (Wildman–Crippen MR) is 189 cm³/mol. The van der Waals surface area contributed by atoms with Crippen molar-refractivity contribution < 1.29 is 19.2 Å². The highest BCUT2D eigenvalue weighted by molar-refractivity contribution is 6.14. The number of carbonyl (C=O) groups excluding carboxylic acids is 4. The molecule has 0 atom stereocenters. The highest BCUT2D eigenvalue weighted by Crippen LogP contribution is 2.40. The lowest BCUT2D eigenvalue weighted by Gasteiger charge is -2.37. The molecule has 6 rings (SSSR count). The van der Waals surface area contributed by atoms with E-state index >= 15 is 0 Å². The number of likely N-dealkylation sites (N-methyl/N-ethyl adjacent to an activating group) is 1. The maximum Gasteiger partial charge on any atom is 0.258 e. The summed E-state index contributed by atoms with van der Waals surface area (Å²) >= 11 is 0. The van der Waals surface area contributed by atoms with Gasteiger partial charge >= 0.3 is 0 Å². The number of nitrogens with one attached hydrogen (secondary N) is 1. The fraction of sp³-hybridized carbons (Fsp3) is 0.282. The SMILES string of the molecule is Cc1ccc(-c2ccccc2C(=O)Nc2ccc(C(=O)N3c4ccccc4N(CC(=O)N4CCN(C)CC4)C(=O)CC3(C)C)cc2)cc1. The van der Waals surface area contributed by atoms with Gasteiger partial charge in [0.1, 0.15) is 6.54 Å². The number of hydrogen-bond acceptors (Lipinski definition) is 5. The summed E-state index contributed by atoms with van der Waals surface area (Å²) in [5.74, 6) is -0.857. The lowest BCUT2D eigenvalue weighted by molar-refractivity contribution is -0.132. The van der Waals surface area contributed by atoms with Crippen LogP contribution in [0.25, 0.3) is 11.1 Å². The minimum absolute atomic E-state index is 0.0397. The average molecular weight is 644 g/mol. The number of fused-ring (bicyclic) bond motifs is 1. The molecule has 0 saturated carbocycles. The van der Waals surface area contributed by atoms with E-state index < -0.39 is 5.54 Å². The summed E-state index contributed by atoms with van der Waals surface area (Å²) in [6, 6.07) is 29.6. The molecule has 0 aromatic heterocycles. The van der Waals surface area contributed by atoms with E-state index in [1.807, 2.05) is 88.5 Å². The van der Waals surface area contributed by atoms with Gasteiger partial charge in [-0.15, -0.1) is 0 Å². The van der Waals surface area contributed by atoms with Gasteiger partial charge < -0.3 is 24.9 Å². The van der Waals surface area contributed by atoms with Crippen molar-refractivity contribution in [1.82, 2.24) is 9.80 Å². The van der Waals surface area contributed by atoms with E-state index in [0.29, 0.717) is 41.3 Å². The summed E-state index contributed by atoms with van der Waals surface area (Å²) in [6.45, 7) is 8.48. The second-order valence-corrected chi connectivity index (χ2v) is 13.2. The smallest absolute Gasteiger partial charge is 0.258 e. The van der Waals surface area contributed by atoms with E-state index in [2.05, 4.69) is 10.2 Å². The van der Waals surface area contributed by atoms with Gasteiger partial charge in [-0.1, -0.05) is 60.2 Å². The third kappa shape index (κ3) is 6.73. The summed E-state index contributed by atoms with van der Waals surface area (Å²) in [5.41, 5.74) is 4.63. The van der Waals surface area contributed by atoms with Crippen LogP contribution >= 0.6 is 0 Å². The van der Waals surface area contributed by atoms with E-state index in [1.165, 1.54) is 4.90 Å². The molecule has 9 nitrogen and oxygen atoms in total. The Bertz CT molecular complexity index is 1840. The van der Waals surface area contributed by atoms with Crippen LogP contribution in [0.2, 0.25) is 0 Å². The largest absolute Gasteiger partial charge is 0.339 e. The van der Waals surface area contributed by atoms with Gasteiger partial charge in [0.25, 0.3) is 11.8 Å². The summed E-state index contributed by atoms with van der Waals surface area (Å²) in [5, 5.41) is 2.97. The third-order valence-corrected chi connectivity index (χ3v) is 9.18. The van der Waals surface area contributed by atoms with E-state index in [9.17, 15) is 19.2 Å². The van der Waals surface area contributed by atoms with E-state index in [1.54, 1.807) is 46.2 Å². The van der Waals surface area contributed by atoms with Crippen molar-refractivity contribution in [2.24, 2.45) is 0 Å². The number of rotatable bonds is 6. The zero-order valence-electron chi connectivity index (χ0n) is 27.9. The lowest BCUT2D eigenvalue weighted by Crippen LogP contribution is -2.51. The first-order valence-electron chi connectivity index (χ1n) is 16.3. The van der Waals surface area contributed by atoms with Crippen LogP contribution in [0.3, 0.4) is 0 Å². The molecular formula is C39H41N5O4. The van der Waals surface area contributed by atoms with Gasteiger partial charge in [-0.2, -0.15) is 0 Å². The number of anilines is 3. The highest BCUT2D eigenvalue weighted by atomic mass is 16.2. The Kier molecular flexibility index (Phi) is 9.15. The average Bonchev–Trinajstić information content (AvgIpc) is 3.16. The van der Waals surface area contributed by atoms with Gasteiger partial charge in [0.15, 0.2) is 0 Å². The number of benzene rings is 4. The number of piperazine rings is 1. The minimum Gasteiger partial charge on any atom is -0.339 e. The zero-order valence-corrected chi connectivity index (χ0v) is 27.9. The molecule has 48 heavy (non-hydrogen) atoms. The Morgan fingerprint density at radius 1 is 0.771 bits per heavy atom. The first-order valence-corrected chi connectivity index (χ1v) is 16.3. The molecule has 0 unspecified atom stereocenters. The van der Waals surface area contributed by atoms with Gasteiger partial charge in [-0.05, 0) is 81.4 Å². The van der Waals surface area contributed by atoms with Crippen molar-refractivity contribution >= 4 is 40.7 Å². The molecule has 0 aliphatic carbocycles. The van der Waals surface area contributed by atoms with Crippen molar-refractivity contribution in [1.29, 1.82) is 0 Å². The Morgan fingerprint density at radius 2 is 1.40 bits per heavy atom. The molecule has 4 amide bonds. The monoisotopic (exact) mass is 643 g/mol. The molecule has 2 aliphatic rings. The maximum atomic E-state index is 14.3. The van der Waals surface area contributed by atoms with Crippen molar-refractivity contribution in [3.63, 3.8) is 0 Å². The summed E-state index contributed by atoms with van der Waals surface area (Å²) in [4.78, 5) is 61.9. The standard InChI is InChI=1S/C39H41N5O4/c1-27-13-15-28(16-14-27)31-9-5-6-10-32(31)37(47)40-30-19-17-29(18-20-30)38(48)44-34-12-8-7-11-33(34)43(35(45)25-39(44,2)3)26-36(46)42-23-21-41(4)22-24-42/h5-20H,21-26H2,1-4H3,(H,40,47). The summed E-state index contributed by atoms with van der Waals surface area (Å²) in [7, 11) is 2.03. The van der Waals surface area contributed by atoms with Gasteiger partial charge in [0, 0.05) is 43.0 Å². The van der Waals surface area contributed by atoms with Crippen molar-refractivity contribution in [2.75, 3.05) is 54.9 Å². The van der Waals surface area contributed by atoms with Crippen LogP contribution in [0.5, 0.6) is 0 Å². The summed E-state index contributed by atoms with van der Waals surface area (Å²) < 4.78 is 0. The van der Waals surface area contributed by atoms with Crippen LogP contribution in [0.4, 0.5) is 17.1 Å². The number of amides is 4. The van der Waals surface area contributed by atoms with Gasteiger partial charge in [0.05, 0.1) is 23.3 Å². The van der Waals surface area contributed by atoms with Crippen molar-refractivity contribution in [3.8, 4) is 11.1 Å². The molecule has 4 aromatic carbocycles. The Morgan fingerprint density at radius 3 is 2.08 bits per heavy atom. The highest BCUT2D eigenvalue weighted by Gasteiger charge is 2.42. The van der Waals surface area contributed by atoms with Crippen molar-refractivity contribution in [3.05, 3.63) is 114 Å². The molecular weight excluding hydrogens is 602 g/mol. The topological polar surface area (TPSA) is 93.3 Å². The fourth-order valence-electron chi connectivity index (χ4n) is 6.42.